The van der Waals surface area contributed by atoms with Crippen LogP contribution in [0.2, 0.25) is 10.0 Å². The third-order valence-corrected chi connectivity index (χ3v) is 4.39. The molecule has 0 radical (unpaired) electrons. The summed E-state index contributed by atoms with van der Waals surface area (Å²) in [5.74, 6) is 0. The van der Waals surface area contributed by atoms with Crippen molar-refractivity contribution in [3.05, 3.63) is 45.7 Å². The van der Waals surface area contributed by atoms with Gasteiger partial charge in [0.2, 0.25) is 0 Å². The number of nitrogens with zero attached hydrogens (tertiary/aromatic N) is 2. The van der Waals surface area contributed by atoms with E-state index >= 15 is 0 Å². The van der Waals surface area contributed by atoms with E-state index in [-0.39, 0.29) is 6.04 Å². The lowest BCUT2D eigenvalue weighted by Crippen LogP contribution is -2.31. The summed E-state index contributed by atoms with van der Waals surface area (Å²) in [6.07, 6.45) is 1.87. The van der Waals surface area contributed by atoms with Crippen LogP contribution in [-0.4, -0.2) is 14.9 Å². The molecule has 0 saturated carbocycles. The van der Waals surface area contributed by atoms with E-state index in [1.807, 2.05) is 23.9 Å². The second kappa shape index (κ2) is 7.31. The van der Waals surface area contributed by atoms with E-state index in [1.54, 1.807) is 12.1 Å². The Kier molecular flexibility index (Phi) is 5.67. The van der Waals surface area contributed by atoms with E-state index in [1.165, 1.54) is 0 Å². The summed E-state index contributed by atoms with van der Waals surface area (Å²) < 4.78 is 1.96. The second-order valence-corrected chi connectivity index (χ2v) is 6.17. The zero-order valence-electron chi connectivity index (χ0n) is 12.7. The van der Waals surface area contributed by atoms with Crippen LogP contribution in [0.5, 0.6) is 0 Å². The number of aromatic nitrogens is 2. The topological polar surface area (TPSA) is 41.9 Å². The van der Waals surface area contributed by atoms with Crippen LogP contribution in [-0.2, 0) is 6.54 Å². The lowest BCUT2D eigenvalue weighted by atomic mass is 10.1. The van der Waals surface area contributed by atoms with Crippen LogP contribution in [0.1, 0.15) is 31.1 Å². The van der Waals surface area contributed by atoms with Crippen LogP contribution >= 0.6 is 35.4 Å². The molecule has 7 heteroatoms. The van der Waals surface area contributed by atoms with E-state index in [2.05, 4.69) is 29.6 Å². The number of halogens is 2. The minimum Gasteiger partial charge on any atom is -0.356 e. The first kappa shape index (κ1) is 17.1. The number of hydrogen-bond donors (Lipinski definition) is 2. The molecule has 118 valence electrons. The Bertz CT molecular complexity index is 684. The van der Waals surface area contributed by atoms with Gasteiger partial charge in [0.1, 0.15) is 0 Å². The Balaban J connectivity index is 2.01. The molecule has 1 aromatic carbocycles. The molecular formula is C15H18Cl2N4S. The predicted molar refractivity (Wildman–Crippen MR) is 96.9 cm³/mol. The summed E-state index contributed by atoms with van der Waals surface area (Å²) in [6, 6.07) is 5.35. The van der Waals surface area contributed by atoms with Gasteiger partial charge in [0.05, 0.1) is 22.3 Å². The standard InChI is InChI=1S/C15H18Cl2N4S/c1-4-21-10(3)12(8-18-21)9(2)19-15(22)20-11-5-6-13(16)14(17)7-11/h5-9H,4H2,1-3H3,(H2,19,20,22). The summed E-state index contributed by atoms with van der Waals surface area (Å²) in [5, 5.41) is 12.2. The van der Waals surface area contributed by atoms with Crippen molar-refractivity contribution in [2.24, 2.45) is 0 Å². The van der Waals surface area contributed by atoms with Crippen molar-refractivity contribution in [2.75, 3.05) is 5.32 Å². The van der Waals surface area contributed by atoms with Crippen molar-refractivity contribution in [2.45, 2.75) is 33.4 Å². The Morgan fingerprint density at radius 2 is 2.09 bits per heavy atom. The molecule has 1 unspecified atom stereocenters. The van der Waals surface area contributed by atoms with Crippen LogP contribution in [0.4, 0.5) is 5.69 Å². The molecule has 0 amide bonds. The number of aryl methyl sites for hydroxylation is 1. The first-order valence-corrected chi connectivity index (χ1v) is 8.13. The number of nitrogens with one attached hydrogen (secondary N) is 2. The number of hydrogen-bond acceptors (Lipinski definition) is 2. The molecule has 22 heavy (non-hydrogen) atoms. The summed E-state index contributed by atoms with van der Waals surface area (Å²) in [7, 11) is 0. The fraction of sp³-hybridized carbons (Fsp3) is 0.333. The smallest absolute Gasteiger partial charge is 0.171 e. The van der Waals surface area contributed by atoms with Crippen molar-refractivity contribution >= 4 is 46.2 Å². The van der Waals surface area contributed by atoms with E-state index in [0.717, 1.165) is 23.5 Å². The average molecular weight is 357 g/mol. The molecule has 1 atom stereocenters. The molecule has 2 N–H and O–H groups in total. The number of benzene rings is 1. The molecule has 0 fully saturated rings. The van der Waals surface area contributed by atoms with Gasteiger partial charge in [0, 0.05) is 23.5 Å². The highest BCUT2D eigenvalue weighted by atomic mass is 35.5. The van der Waals surface area contributed by atoms with Gasteiger partial charge < -0.3 is 10.6 Å². The Hall–Kier alpha value is -1.30. The predicted octanol–water partition coefficient (Wildman–Crippen LogP) is 4.57. The van der Waals surface area contributed by atoms with Gasteiger partial charge in [0.25, 0.3) is 0 Å². The molecule has 0 aliphatic heterocycles. The maximum absolute atomic E-state index is 5.99. The zero-order chi connectivity index (χ0) is 16.3. The monoisotopic (exact) mass is 356 g/mol. The maximum Gasteiger partial charge on any atom is 0.171 e. The normalized spacial score (nSPS) is 12.0. The molecule has 1 aromatic heterocycles. The van der Waals surface area contributed by atoms with E-state index < -0.39 is 0 Å². The largest absolute Gasteiger partial charge is 0.356 e. The third kappa shape index (κ3) is 3.91. The van der Waals surface area contributed by atoms with Gasteiger partial charge in [-0.05, 0) is 51.2 Å². The van der Waals surface area contributed by atoms with Crippen LogP contribution in [0.3, 0.4) is 0 Å². The lowest BCUT2D eigenvalue weighted by molar-refractivity contribution is 0.633. The maximum atomic E-state index is 5.99. The highest BCUT2D eigenvalue weighted by Crippen LogP contribution is 2.25. The van der Waals surface area contributed by atoms with Crippen molar-refractivity contribution < 1.29 is 0 Å². The van der Waals surface area contributed by atoms with Crippen molar-refractivity contribution in [3.8, 4) is 0 Å². The number of rotatable bonds is 4. The van der Waals surface area contributed by atoms with Gasteiger partial charge in [-0.1, -0.05) is 23.2 Å². The molecule has 4 nitrogen and oxygen atoms in total. The van der Waals surface area contributed by atoms with E-state index in [4.69, 9.17) is 35.4 Å². The molecule has 0 aliphatic rings. The molecule has 0 spiro atoms. The van der Waals surface area contributed by atoms with Crippen LogP contribution in [0, 0.1) is 6.92 Å². The number of thiocarbonyl (C=S) groups is 1. The van der Waals surface area contributed by atoms with Gasteiger partial charge in [0.15, 0.2) is 5.11 Å². The second-order valence-electron chi connectivity index (χ2n) is 4.95. The average Bonchev–Trinajstić information content (AvgIpc) is 2.83. The first-order valence-electron chi connectivity index (χ1n) is 6.97. The molecule has 0 bridgehead atoms. The minimum atomic E-state index is 0.0584. The Morgan fingerprint density at radius 3 is 2.68 bits per heavy atom. The fourth-order valence-electron chi connectivity index (χ4n) is 2.22. The SMILES string of the molecule is CCn1ncc(C(C)NC(=S)Nc2ccc(Cl)c(Cl)c2)c1C. The molecule has 1 heterocycles. The van der Waals surface area contributed by atoms with E-state index in [9.17, 15) is 0 Å². The molecule has 0 aliphatic carbocycles. The highest BCUT2D eigenvalue weighted by molar-refractivity contribution is 7.80. The summed E-state index contributed by atoms with van der Waals surface area (Å²) in [5.41, 5.74) is 3.06. The van der Waals surface area contributed by atoms with Gasteiger partial charge in [-0.3, -0.25) is 4.68 Å². The minimum absolute atomic E-state index is 0.0584. The highest BCUT2D eigenvalue weighted by Gasteiger charge is 2.13. The molecular weight excluding hydrogens is 339 g/mol. The Labute approximate surface area is 145 Å². The van der Waals surface area contributed by atoms with Crippen molar-refractivity contribution in [1.29, 1.82) is 0 Å². The van der Waals surface area contributed by atoms with Crippen molar-refractivity contribution in [3.63, 3.8) is 0 Å². The lowest BCUT2D eigenvalue weighted by Gasteiger charge is -2.17. The van der Waals surface area contributed by atoms with Gasteiger partial charge in [-0.2, -0.15) is 5.10 Å². The zero-order valence-corrected chi connectivity index (χ0v) is 15.0. The molecule has 2 rings (SSSR count). The quantitative estimate of drug-likeness (QED) is 0.787. The van der Waals surface area contributed by atoms with Gasteiger partial charge in [-0.15, -0.1) is 0 Å². The fourth-order valence-corrected chi connectivity index (χ4v) is 2.81. The molecule has 0 saturated heterocycles. The van der Waals surface area contributed by atoms with Gasteiger partial charge in [-0.25, -0.2) is 0 Å². The summed E-state index contributed by atoms with van der Waals surface area (Å²) in [4.78, 5) is 0. The van der Waals surface area contributed by atoms with Gasteiger partial charge >= 0.3 is 0 Å². The Morgan fingerprint density at radius 1 is 1.36 bits per heavy atom. The van der Waals surface area contributed by atoms with Crippen LogP contribution in [0.15, 0.2) is 24.4 Å². The van der Waals surface area contributed by atoms with E-state index in [0.29, 0.717) is 15.2 Å². The number of anilines is 1. The first-order chi connectivity index (χ1) is 10.4. The van der Waals surface area contributed by atoms with Crippen LogP contribution in [0.25, 0.3) is 0 Å². The summed E-state index contributed by atoms with van der Waals surface area (Å²) in [6.45, 7) is 7.02. The van der Waals surface area contributed by atoms with Crippen LogP contribution < -0.4 is 10.6 Å². The third-order valence-electron chi connectivity index (χ3n) is 3.43. The summed E-state index contributed by atoms with van der Waals surface area (Å²) >= 11 is 17.2. The molecule has 2 aromatic rings. The van der Waals surface area contributed by atoms with Crippen molar-refractivity contribution in [1.82, 2.24) is 15.1 Å².